The molecule has 7 nitrogen and oxygen atoms in total. The number of ether oxygens (including phenoxy) is 2. The fourth-order valence-corrected chi connectivity index (χ4v) is 5.11. The molecule has 0 saturated carbocycles. The molecule has 3 heterocycles. The van der Waals surface area contributed by atoms with E-state index in [4.69, 9.17) is 9.47 Å². The van der Waals surface area contributed by atoms with Crippen LogP contribution >= 0.6 is 0 Å². The molecule has 1 spiro atoms. The lowest BCUT2D eigenvalue weighted by molar-refractivity contribution is 0.0219. The van der Waals surface area contributed by atoms with E-state index in [0.717, 1.165) is 37.3 Å². The Kier molecular flexibility index (Phi) is 4.18. The van der Waals surface area contributed by atoms with Gasteiger partial charge in [-0.15, -0.1) is 0 Å². The van der Waals surface area contributed by atoms with Gasteiger partial charge in [0.15, 0.2) is 5.60 Å². The summed E-state index contributed by atoms with van der Waals surface area (Å²) in [6, 6.07) is 15.4. The van der Waals surface area contributed by atoms with Crippen molar-refractivity contribution in [3.8, 4) is 23.0 Å². The summed E-state index contributed by atoms with van der Waals surface area (Å²) in [4.78, 5) is 15.3. The molecule has 0 radical (unpaired) electrons. The average molecular weight is 430 g/mol. The van der Waals surface area contributed by atoms with E-state index in [2.05, 4.69) is 10.2 Å². The fraction of sp³-hybridized carbons (Fsp3) is 0.240. The predicted octanol–water partition coefficient (Wildman–Crippen LogP) is 3.07. The van der Waals surface area contributed by atoms with Crippen molar-refractivity contribution in [1.82, 2.24) is 10.2 Å². The smallest absolute Gasteiger partial charge is 0.340 e. The van der Waals surface area contributed by atoms with Crippen LogP contribution in [-0.4, -0.2) is 47.3 Å². The molecule has 3 aromatic rings. The molecule has 0 aliphatic carbocycles. The first-order valence-corrected chi connectivity index (χ1v) is 10.7. The van der Waals surface area contributed by atoms with Crippen LogP contribution in [0.4, 0.5) is 0 Å². The van der Waals surface area contributed by atoms with Crippen molar-refractivity contribution in [2.45, 2.75) is 12.1 Å². The largest absolute Gasteiger partial charge is 0.508 e. The summed E-state index contributed by atoms with van der Waals surface area (Å²) in [6.45, 7) is 4.11. The van der Waals surface area contributed by atoms with E-state index in [9.17, 15) is 15.0 Å². The third kappa shape index (κ3) is 2.71. The highest BCUT2D eigenvalue weighted by atomic mass is 16.6. The highest BCUT2D eigenvalue weighted by Gasteiger charge is 2.54. The fourth-order valence-electron chi connectivity index (χ4n) is 5.11. The molecule has 3 aliphatic heterocycles. The molecule has 3 N–H and O–H groups in total. The number of aromatic hydroxyl groups is 2. The summed E-state index contributed by atoms with van der Waals surface area (Å²) in [7, 11) is 0. The zero-order valence-corrected chi connectivity index (χ0v) is 17.3. The van der Waals surface area contributed by atoms with Gasteiger partial charge in [-0.2, -0.15) is 0 Å². The van der Waals surface area contributed by atoms with Crippen molar-refractivity contribution in [1.29, 1.82) is 0 Å². The van der Waals surface area contributed by atoms with E-state index >= 15 is 0 Å². The topological polar surface area (TPSA) is 91.3 Å². The lowest BCUT2D eigenvalue weighted by Gasteiger charge is -2.39. The van der Waals surface area contributed by atoms with Crippen LogP contribution in [0.15, 0.2) is 54.6 Å². The third-order valence-electron chi connectivity index (χ3n) is 6.46. The highest BCUT2D eigenvalue weighted by Crippen LogP contribution is 2.58. The van der Waals surface area contributed by atoms with Crippen molar-refractivity contribution in [2.24, 2.45) is 0 Å². The van der Waals surface area contributed by atoms with E-state index in [0.29, 0.717) is 34.7 Å². The molecule has 162 valence electrons. The van der Waals surface area contributed by atoms with Gasteiger partial charge in [0.25, 0.3) is 0 Å². The second kappa shape index (κ2) is 6.98. The van der Waals surface area contributed by atoms with Crippen molar-refractivity contribution < 1.29 is 24.5 Å². The van der Waals surface area contributed by atoms with Crippen LogP contribution in [0, 0.1) is 0 Å². The minimum absolute atomic E-state index is 0.0427. The summed E-state index contributed by atoms with van der Waals surface area (Å²) < 4.78 is 12.4. The Morgan fingerprint density at radius 2 is 1.72 bits per heavy atom. The van der Waals surface area contributed by atoms with Gasteiger partial charge in [-0.05, 0) is 29.8 Å². The van der Waals surface area contributed by atoms with Crippen LogP contribution in [0.1, 0.15) is 32.6 Å². The summed E-state index contributed by atoms with van der Waals surface area (Å²) in [5, 5.41) is 24.0. The van der Waals surface area contributed by atoms with Crippen molar-refractivity contribution >= 4 is 5.97 Å². The van der Waals surface area contributed by atoms with Gasteiger partial charge in [-0.3, -0.25) is 4.90 Å². The van der Waals surface area contributed by atoms with Crippen LogP contribution < -0.4 is 10.1 Å². The number of phenolic OH excluding ortho intramolecular Hbond substituents is 2. The number of rotatable bonds is 2. The Morgan fingerprint density at radius 3 is 2.56 bits per heavy atom. The minimum Gasteiger partial charge on any atom is -0.508 e. The molecule has 3 aliphatic rings. The van der Waals surface area contributed by atoms with Crippen molar-refractivity contribution in [2.75, 3.05) is 26.2 Å². The Hall–Kier alpha value is -3.55. The number of hydrogen-bond donors (Lipinski definition) is 3. The Bertz CT molecular complexity index is 1250. The summed E-state index contributed by atoms with van der Waals surface area (Å²) in [5.41, 5.74) is 2.21. The quantitative estimate of drug-likeness (QED) is 0.538. The zero-order valence-electron chi connectivity index (χ0n) is 17.3. The van der Waals surface area contributed by atoms with E-state index in [1.54, 1.807) is 30.3 Å². The Balaban J connectivity index is 1.63. The molecule has 1 unspecified atom stereocenters. The van der Waals surface area contributed by atoms with Crippen LogP contribution in [-0.2, 0) is 16.9 Å². The van der Waals surface area contributed by atoms with Gasteiger partial charge in [0.2, 0.25) is 0 Å². The summed E-state index contributed by atoms with van der Waals surface area (Å²) >= 11 is 0. The Labute approximate surface area is 184 Å². The van der Waals surface area contributed by atoms with Gasteiger partial charge >= 0.3 is 5.97 Å². The van der Waals surface area contributed by atoms with Gasteiger partial charge < -0.3 is 25.0 Å². The molecule has 0 bridgehead atoms. The zero-order chi connectivity index (χ0) is 21.9. The van der Waals surface area contributed by atoms with E-state index < -0.39 is 11.6 Å². The second-order valence-corrected chi connectivity index (χ2v) is 8.40. The third-order valence-corrected chi connectivity index (χ3v) is 6.46. The number of fused-ring (bicyclic) bond motifs is 6. The van der Waals surface area contributed by atoms with Crippen LogP contribution in [0.5, 0.6) is 23.0 Å². The normalized spacial score (nSPS) is 21.4. The number of carbonyl (C=O) groups is 1. The van der Waals surface area contributed by atoms with Crippen LogP contribution in [0.2, 0.25) is 0 Å². The average Bonchev–Trinajstić information content (AvgIpc) is 3.07. The van der Waals surface area contributed by atoms with E-state index in [1.807, 2.05) is 18.2 Å². The molecule has 1 saturated heterocycles. The monoisotopic (exact) mass is 430 g/mol. The van der Waals surface area contributed by atoms with Gasteiger partial charge in [-0.25, -0.2) is 4.79 Å². The molecule has 3 aromatic carbocycles. The number of benzene rings is 3. The number of carbonyl (C=O) groups excluding carboxylic acids is 1. The second-order valence-electron chi connectivity index (χ2n) is 8.40. The van der Waals surface area contributed by atoms with E-state index in [-0.39, 0.29) is 11.5 Å². The summed E-state index contributed by atoms with van der Waals surface area (Å²) in [6.07, 6.45) is 0. The van der Waals surface area contributed by atoms with Crippen LogP contribution in [0.25, 0.3) is 0 Å². The first-order valence-electron chi connectivity index (χ1n) is 10.7. The van der Waals surface area contributed by atoms with Crippen LogP contribution in [0.3, 0.4) is 0 Å². The maximum Gasteiger partial charge on any atom is 0.340 e. The number of piperazine rings is 1. The minimum atomic E-state index is -1.22. The van der Waals surface area contributed by atoms with E-state index in [1.165, 1.54) is 6.07 Å². The van der Waals surface area contributed by atoms with Crippen molar-refractivity contribution in [3.63, 3.8) is 0 Å². The first kappa shape index (κ1) is 19.2. The molecule has 0 aromatic heterocycles. The molecule has 32 heavy (non-hydrogen) atoms. The number of nitrogens with zero attached hydrogens (tertiary/aromatic N) is 1. The van der Waals surface area contributed by atoms with Gasteiger partial charge in [-0.1, -0.05) is 18.2 Å². The molecule has 7 heteroatoms. The van der Waals surface area contributed by atoms with Gasteiger partial charge in [0, 0.05) is 56.0 Å². The molecule has 0 amide bonds. The Morgan fingerprint density at radius 1 is 0.938 bits per heavy atom. The number of nitrogens with one attached hydrogen (secondary N) is 1. The molecular formula is C25H22N2O5. The van der Waals surface area contributed by atoms with Gasteiger partial charge in [0.05, 0.1) is 11.1 Å². The standard InChI is InChI=1S/C25H22N2O5/c28-16-5-6-20-21(12-16)31-22-13-17(29)11-15(14-27-9-7-26-8-10-27)23(22)25(20)19-4-2-1-3-18(19)24(30)32-25/h1-6,11-13,26,28-29H,7-10,14H2. The SMILES string of the molecule is O=C1OC2(c3ccc(O)cc3Oc3cc(O)cc(CN4CCNCC4)c32)c2ccccc21. The number of hydrogen-bond acceptors (Lipinski definition) is 7. The molecule has 6 rings (SSSR count). The predicted molar refractivity (Wildman–Crippen MR) is 116 cm³/mol. The number of esters is 1. The lowest BCUT2D eigenvalue weighted by atomic mass is 9.75. The summed E-state index contributed by atoms with van der Waals surface area (Å²) in [5.74, 6) is 0.513. The lowest BCUT2D eigenvalue weighted by Crippen LogP contribution is -2.43. The molecular weight excluding hydrogens is 408 g/mol. The molecule has 1 fully saturated rings. The maximum absolute atomic E-state index is 13.0. The first-order chi connectivity index (χ1) is 15.6. The molecule has 1 atom stereocenters. The highest BCUT2D eigenvalue weighted by molar-refractivity contribution is 5.97. The van der Waals surface area contributed by atoms with Crippen molar-refractivity contribution in [3.05, 3.63) is 82.4 Å². The number of phenols is 2. The van der Waals surface area contributed by atoms with Gasteiger partial charge in [0.1, 0.15) is 23.0 Å². The maximum atomic E-state index is 13.0.